The molecule has 0 aliphatic carbocycles. The van der Waals surface area contributed by atoms with Crippen LogP contribution < -0.4 is 14.8 Å². The highest BCUT2D eigenvalue weighted by Crippen LogP contribution is 2.29. The second kappa shape index (κ2) is 8.25. The van der Waals surface area contributed by atoms with Gasteiger partial charge < -0.3 is 19.7 Å². The van der Waals surface area contributed by atoms with Crippen LogP contribution in [0.3, 0.4) is 0 Å². The van der Waals surface area contributed by atoms with E-state index in [9.17, 15) is 0 Å². The highest BCUT2D eigenvalue weighted by Gasteiger charge is 2.19. The maximum atomic E-state index is 5.50. The van der Waals surface area contributed by atoms with Gasteiger partial charge in [0.1, 0.15) is 11.5 Å². The first-order chi connectivity index (χ1) is 9.88. The van der Waals surface area contributed by atoms with Gasteiger partial charge in [-0.15, -0.1) is 0 Å². The Morgan fingerprint density at radius 1 is 1.10 bits per heavy atom. The molecule has 0 bridgehead atoms. The molecule has 2 unspecified atom stereocenters. The third-order valence-electron chi connectivity index (χ3n) is 3.74. The van der Waals surface area contributed by atoms with Gasteiger partial charge in [0.05, 0.1) is 14.2 Å². The minimum absolute atomic E-state index is 0.221. The van der Waals surface area contributed by atoms with E-state index in [2.05, 4.69) is 51.1 Å². The van der Waals surface area contributed by atoms with Gasteiger partial charge in [-0.2, -0.15) is 0 Å². The summed E-state index contributed by atoms with van der Waals surface area (Å²) in [4.78, 5) is 2.22. The highest BCUT2D eigenvalue weighted by atomic mass is 16.5. The molecule has 2 atom stereocenters. The Hall–Kier alpha value is -1.26. The van der Waals surface area contributed by atoms with Crippen LogP contribution in [0.2, 0.25) is 0 Å². The zero-order chi connectivity index (χ0) is 16.0. The number of hydrogen-bond donors (Lipinski definition) is 1. The van der Waals surface area contributed by atoms with E-state index in [-0.39, 0.29) is 6.04 Å². The third kappa shape index (κ3) is 5.21. The van der Waals surface area contributed by atoms with Crippen LogP contribution in [-0.4, -0.2) is 45.8 Å². The van der Waals surface area contributed by atoms with E-state index in [0.717, 1.165) is 23.6 Å². The number of benzene rings is 1. The molecule has 120 valence electrons. The lowest BCUT2D eigenvalue weighted by Crippen LogP contribution is -2.43. The van der Waals surface area contributed by atoms with Crippen molar-refractivity contribution in [3.8, 4) is 11.5 Å². The Morgan fingerprint density at radius 3 is 2.24 bits per heavy atom. The molecule has 0 heterocycles. The van der Waals surface area contributed by atoms with Crippen LogP contribution in [0.25, 0.3) is 0 Å². The Kier molecular flexibility index (Phi) is 6.99. The molecule has 0 saturated carbocycles. The van der Waals surface area contributed by atoms with Crippen molar-refractivity contribution < 1.29 is 9.47 Å². The summed E-state index contributed by atoms with van der Waals surface area (Å²) in [7, 11) is 7.58. The zero-order valence-corrected chi connectivity index (χ0v) is 14.4. The summed E-state index contributed by atoms with van der Waals surface area (Å²) >= 11 is 0. The van der Waals surface area contributed by atoms with E-state index in [4.69, 9.17) is 9.47 Å². The number of likely N-dealkylation sites (N-methyl/N-ethyl adjacent to an activating group) is 1. The normalized spacial score (nSPS) is 14.3. The first kappa shape index (κ1) is 17.8. The summed E-state index contributed by atoms with van der Waals surface area (Å²) in [5, 5.41) is 3.71. The molecule has 0 fully saturated rings. The molecule has 1 rings (SSSR count). The molecule has 0 amide bonds. The molecule has 1 aromatic rings. The van der Waals surface area contributed by atoms with Crippen molar-refractivity contribution in [2.24, 2.45) is 5.92 Å². The Morgan fingerprint density at radius 2 is 1.76 bits per heavy atom. The van der Waals surface area contributed by atoms with E-state index in [1.54, 1.807) is 14.2 Å². The minimum atomic E-state index is 0.221. The molecule has 0 aliphatic rings. The van der Waals surface area contributed by atoms with Crippen molar-refractivity contribution >= 4 is 0 Å². The lowest BCUT2D eigenvalue weighted by Gasteiger charge is -2.29. The maximum Gasteiger partial charge on any atom is 0.127 e. The van der Waals surface area contributed by atoms with Crippen molar-refractivity contribution in [3.05, 3.63) is 23.8 Å². The zero-order valence-electron chi connectivity index (χ0n) is 14.4. The summed E-state index contributed by atoms with van der Waals surface area (Å²) in [6, 6.07) is 6.64. The molecule has 0 radical (unpaired) electrons. The van der Waals surface area contributed by atoms with E-state index in [0.29, 0.717) is 12.0 Å². The Labute approximate surface area is 129 Å². The molecular weight excluding hydrogens is 264 g/mol. The number of hydrogen-bond acceptors (Lipinski definition) is 4. The maximum absolute atomic E-state index is 5.50. The van der Waals surface area contributed by atoms with Crippen molar-refractivity contribution in [1.29, 1.82) is 0 Å². The van der Waals surface area contributed by atoms with Crippen LogP contribution in [0.15, 0.2) is 18.2 Å². The van der Waals surface area contributed by atoms with Gasteiger partial charge in [0, 0.05) is 30.3 Å². The smallest absolute Gasteiger partial charge is 0.127 e. The molecule has 1 aromatic carbocycles. The summed E-state index contributed by atoms with van der Waals surface area (Å²) in [5.74, 6) is 2.25. The van der Waals surface area contributed by atoms with Gasteiger partial charge in [0.2, 0.25) is 0 Å². The van der Waals surface area contributed by atoms with Crippen LogP contribution >= 0.6 is 0 Å². The van der Waals surface area contributed by atoms with Crippen molar-refractivity contribution in [2.45, 2.75) is 32.9 Å². The van der Waals surface area contributed by atoms with Gasteiger partial charge in [-0.05, 0) is 33.0 Å². The molecule has 0 spiro atoms. The van der Waals surface area contributed by atoms with Gasteiger partial charge in [0.15, 0.2) is 0 Å². The molecule has 21 heavy (non-hydrogen) atoms. The second-order valence-corrected chi connectivity index (χ2v) is 6.11. The van der Waals surface area contributed by atoms with Crippen molar-refractivity contribution in [3.63, 3.8) is 0 Å². The van der Waals surface area contributed by atoms with Crippen LogP contribution in [0.5, 0.6) is 11.5 Å². The topological polar surface area (TPSA) is 33.7 Å². The number of nitrogens with one attached hydrogen (secondary N) is 1. The van der Waals surface area contributed by atoms with E-state index >= 15 is 0 Å². The quantitative estimate of drug-likeness (QED) is 0.799. The third-order valence-corrected chi connectivity index (χ3v) is 3.74. The number of methoxy groups -OCH3 is 2. The monoisotopic (exact) mass is 294 g/mol. The first-order valence-corrected chi connectivity index (χ1v) is 7.51. The molecule has 0 saturated heterocycles. The standard InChI is InChI=1S/C17H30N2O2/c1-12(2)16(11-19(4)5)18-13(3)15-9-8-14(20-6)10-17(15)21-7/h8-10,12-13,16,18H,11H2,1-7H3. The average molecular weight is 294 g/mol. The van der Waals surface area contributed by atoms with Gasteiger partial charge in [-0.3, -0.25) is 0 Å². The predicted molar refractivity (Wildman–Crippen MR) is 88.3 cm³/mol. The minimum Gasteiger partial charge on any atom is -0.497 e. The van der Waals surface area contributed by atoms with Crippen LogP contribution in [0.4, 0.5) is 0 Å². The van der Waals surface area contributed by atoms with Crippen molar-refractivity contribution in [1.82, 2.24) is 10.2 Å². The second-order valence-electron chi connectivity index (χ2n) is 6.11. The average Bonchev–Trinajstić information content (AvgIpc) is 2.45. The number of rotatable bonds is 8. The highest BCUT2D eigenvalue weighted by molar-refractivity contribution is 5.42. The van der Waals surface area contributed by atoms with Gasteiger partial charge in [0.25, 0.3) is 0 Å². The lowest BCUT2D eigenvalue weighted by molar-refractivity contribution is 0.271. The van der Waals surface area contributed by atoms with Crippen LogP contribution in [0.1, 0.15) is 32.4 Å². The molecule has 1 N–H and O–H groups in total. The van der Waals surface area contributed by atoms with Gasteiger partial charge in [-0.25, -0.2) is 0 Å². The van der Waals surface area contributed by atoms with E-state index in [1.165, 1.54) is 0 Å². The van der Waals surface area contributed by atoms with Crippen LogP contribution in [-0.2, 0) is 0 Å². The Bertz CT molecular complexity index is 433. The Balaban J connectivity index is 2.88. The largest absolute Gasteiger partial charge is 0.497 e. The van der Waals surface area contributed by atoms with E-state index in [1.807, 2.05) is 12.1 Å². The molecular formula is C17H30N2O2. The fourth-order valence-corrected chi connectivity index (χ4v) is 2.44. The van der Waals surface area contributed by atoms with Crippen LogP contribution in [0, 0.1) is 5.92 Å². The SMILES string of the molecule is COc1ccc(C(C)NC(CN(C)C)C(C)C)c(OC)c1. The molecule has 0 aliphatic heterocycles. The number of ether oxygens (including phenoxy) is 2. The molecule has 0 aromatic heterocycles. The summed E-state index contributed by atoms with van der Waals surface area (Å²) < 4.78 is 10.8. The summed E-state index contributed by atoms with van der Waals surface area (Å²) in [6.45, 7) is 7.69. The molecule has 4 heteroatoms. The predicted octanol–water partition coefficient (Wildman–Crippen LogP) is 2.94. The number of nitrogens with zero attached hydrogens (tertiary/aromatic N) is 1. The van der Waals surface area contributed by atoms with Crippen molar-refractivity contribution in [2.75, 3.05) is 34.9 Å². The first-order valence-electron chi connectivity index (χ1n) is 7.51. The summed E-state index contributed by atoms with van der Waals surface area (Å²) in [6.07, 6.45) is 0. The van der Waals surface area contributed by atoms with Gasteiger partial charge >= 0.3 is 0 Å². The fourth-order valence-electron chi connectivity index (χ4n) is 2.44. The molecule has 4 nitrogen and oxygen atoms in total. The lowest BCUT2D eigenvalue weighted by atomic mass is 10.00. The fraction of sp³-hybridized carbons (Fsp3) is 0.647. The van der Waals surface area contributed by atoms with Gasteiger partial charge in [-0.1, -0.05) is 19.9 Å². The summed E-state index contributed by atoms with van der Waals surface area (Å²) in [5.41, 5.74) is 1.16. The van der Waals surface area contributed by atoms with E-state index < -0.39 is 0 Å².